The third-order valence-electron chi connectivity index (χ3n) is 5.68. The molecule has 4 heteroatoms. The molecule has 0 aromatic heterocycles. The largest absolute Gasteiger partial charge is 0.348 e. The quantitative estimate of drug-likeness (QED) is 0.855. The second kappa shape index (κ2) is 8.68. The van der Waals surface area contributed by atoms with Crippen molar-refractivity contribution in [3.63, 3.8) is 0 Å². The SMILES string of the molecule is O=C(N[C@@H]1CCNC1)c1ccc(-c2ccc(CN3CCCCC3)cc2)cc1. The number of nitrogens with zero attached hydrogens (tertiary/aromatic N) is 1. The van der Waals surface area contributed by atoms with Crippen molar-refractivity contribution in [3.8, 4) is 11.1 Å². The fourth-order valence-electron chi connectivity index (χ4n) is 4.04. The molecule has 2 aromatic carbocycles. The first-order valence-electron chi connectivity index (χ1n) is 10.2. The summed E-state index contributed by atoms with van der Waals surface area (Å²) in [7, 11) is 0. The summed E-state index contributed by atoms with van der Waals surface area (Å²) < 4.78 is 0. The number of benzene rings is 2. The number of carbonyl (C=O) groups is 1. The van der Waals surface area contributed by atoms with Crippen molar-refractivity contribution in [2.45, 2.75) is 38.3 Å². The summed E-state index contributed by atoms with van der Waals surface area (Å²) in [5.41, 5.74) is 4.46. The summed E-state index contributed by atoms with van der Waals surface area (Å²) in [6.07, 6.45) is 5.04. The number of hydrogen-bond donors (Lipinski definition) is 2. The van der Waals surface area contributed by atoms with Gasteiger partial charge in [0, 0.05) is 24.7 Å². The molecule has 2 aliphatic heterocycles. The minimum atomic E-state index is 0.0205. The van der Waals surface area contributed by atoms with Gasteiger partial charge in [0.05, 0.1) is 0 Å². The monoisotopic (exact) mass is 363 g/mol. The van der Waals surface area contributed by atoms with Crippen LogP contribution in [0.5, 0.6) is 0 Å². The van der Waals surface area contributed by atoms with E-state index in [1.165, 1.54) is 43.5 Å². The van der Waals surface area contributed by atoms with Crippen LogP contribution in [0.4, 0.5) is 0 Å². The molecular formula is C23H29N3O. The van der Waals surface area contributed by atoms with Crippen LogP contribution < -0.4 is 10.6 Å². The lowest BCUT2D eigenvalue weighted by atomic mass is 10.0. The van der Waals surface area contributed by atoms with Gasteiger partial charge >= 0.3 is 0 Å². The van der Waals surface area contributed by atoms with Crippen LogP contribution in [-0.4, -0.2) is 43.0 Å². The Bertz CT molecular complexity index is 742. The fourth-order valence-corrected chi connectivity index (χ4v) is 4.04. The topological polar surface area (TPSA) is 44.4 Å². The summed E-state index contributed by atoms with van der Waals surface area (Å²) in [4.78, 5) is 14.9. The van der Waals surface area contributed by atoms with E-state index in [1.54, 1.807) is 0 Å². The van der Waals surface area contributed by atoms with Crippen LogP contribution >= 0.6 is 0 Å². The van der Waals surface area contributed by atoms with E-state index in [0.717, 1.165) is 37.2 Å². The zero-order valence-corrected chi connectivity index (χ0v) is 15.9. The summed E-state index contributed by atoms with van der Waals surface area (Å²) in [5, 5.41) is 6.37. The van der Waals surface area contributed by atoms with E-state index >= 15 is 0 Å². The summed E-state index contributed by atoms with van der Waals surface area (Å²) in [6, 6.07) is 17.0. The first-order valence-corrected chi connectivity index (χ1v) is 10.2. The van der Waals surface area contributed by atoms with Gasteiger partial charge in [-0.2, -0.15) is 0 Å². The minimum absolute atomic E-state index is 0.0205. The number of likely N-dealkylation sites (tertiary alicyclic amines) is 1. The zero-order chi connectivity index (χ0) is 18.5. The predicted octanol–water partition coefficient (Wildman–Crippen LogP) is 3.43. The maximum atomic E-state index is 12.3. The van der Waals surface area contributed by atoms with Crippen LogP contribution in [0.2, 0.25) is 0 Å². The number of rotatable bonds is 5. The molecule has 4 rings (SSSR count). The lowest BCUT2D eigenvalue weighted by Crippen LogP contribution is -2.36. The first kappa shape index (κ1) is 18.2. The molecule has 2 heterocycles. The van der Waals surface area contributed by atoms with Crippen LogP contribution in [0.3, 0.4) is 0 Å². The van der Waals surface area contributed by atoms with E-state index in [9.17, 15) is 4.79 Å². The standard InChI is InChI=1S/C23H29N3O/c27-23(25-22-12-13-24-16-22)21-10-8-20(9-11-21)19-6-4-18(5-7-19)17-26-14-2-1-3-15-26/h4-11,22,24H,1-3,12-17H2,(H,25,27)/t22-/m1/s1. The van der Waals surface area contributed by atoms with Crippen LogP contribution in [0.1, 0.15) is 41.6 Å². The van der Waals surface area contributed by atoms with Gasteiger partial charge in [0.25, 0.3) is 5.91 Å². The molecule has 0 radical (unpaired) electrons. The van der Waals surface area contributed by atoms with Crippen LogP contribution in [-0.2, 0) is 6.54 Å². The Hall–Kier alpha value is -2.17. The first-order chi connectivity index (χ1) is 13.3. The molecule has 142 valence electrons. The van der Waals surface area contributed by atoms with Gasteiger partial charge in [0.1, 0.15) is 0 Å². The molecule has 0 spiro atoms. The van der Waals surface area contributed by atoms with Crippen molar-refractivity contribution in [1.29, 1.82) is 0 Å². The van der Waals surface area contributed by atoms with Crippen molar-refractivity contribution in [2.75, 3.05) is 26.2 Å². The van der Waals surface area contributed by atoms with Crippen molar-refractivity contribution in [1.82, 2.24) is 15.5 Å². The van der Waals surface area contributed by atoms with Gasteiger partial charge in [-0.3, -0.25) is 9.69 Å². The molecule has 2 fully saturated rings. The normalized spacial score (nSPS) is 20.5. The lowest BCUT2D eigenvalue weighted by molar-refractivity contribution is 0.0940. The highest BCUT2D eigenvalue weighted by Crippen LogP contribution is 2.22. The van der Waals surface area contributed by atoms with E-state index in [4.69, 9.17) is 0 Å². The van der Waals surface area contributed by atoms with Gasteiger partial charge in [0.2, 0.25) is 0 Å². The third-order valence-corrected chi connectivity index (χ3v) is 5.68. The van der Waals surface area contributed by atoms with E-state index < -0.39 is 0 Å². The van der Waals surface area contributed by atoms with Gasteiger partial charge in [-0.1, -0.05) is 42.8 Å². The maximum Gasteiger partial charge on any atom is 0.251 e. The molecule has 0 unspecified atom stereocenters. The summed E-state index contributed by atoms with van der Waals surface area (Å²) in [5.74, 6) is 0.0205. The van der Waals surface area contributed by atoms with Crippen molar-refractivity contribution in [2.24, 2.45) is 0 Å². The molecule has 2 aromatic rings. The van der Waals surface area contributed by atoms with Gasteiger partial charge in [-0.15, -0.1) is 0 Å². The Balaban J connectivity index is 1.37. The van der Waals surface area contributed by atoms with Gasteiger partial charge in [0.15, 0.2) is 0 Å². The highest BCUT2D eigenvalue weighted by atomic mass is 16.1. The van der Waals surface area contributed by atoms with Crippen molar-refractivity contribution < 1.29 is 4.79 Å². The molecule has 0 bridgehead atoms. The Morgan fingerprint density at radius 3 is 2.26 bits per heavy atom. The van der Waals surface area contributed by atoms with Crippen LogP contribution in [0, 0.1) is 0 Å². The molecule has 1 amide bonds. The number of piperidine rings is 1. The van der Waals surface area contributed by atoms with Gasteiger partial charge < -0.3 is 10.6 Å². The molecule has 0 aliphatic carbocycles. The molecule has 4 nitrogen and oxygen atoms in total. The minimum Gasteiger partial charge on any atom is -0.348 e. The Kier molecular flexibility index (Phi) is 5.85. The van der Waals surface area contributed by atoms with Gasteiger partial charge in [-0.25, -0.2) is 0 Å². The summed E-state index contributed by atoms with van der Waals surface area (Å²) >= 11 is 0. The van der Waals surface area contributed by atoms with Crippen molar-refractivity contribution >= 4 is 5.91 Å². The number of hydrogen-bond acceptors (Lipinski definition) is 3. The molecule has 2 saturated heterocycles. The second-order valence-electron chi connectivity index (χ2n) is 7.77. The average molecular weight is 364 g/mol. The second-order valence-corrected chi connectivity index (χ2v) is 7.77. The van der Waals surface area contributed by atoms with E-state index in [2.05, 4.69) is 39.8 Å². The number of nitrogens with one attached hydrogen (secondary N) is 2. The average Bonchev–Trinajstić information content (AvgIpc) is 3.22. The van der Waals surface area contributed by atoms with E-state index in [1.807, 2.05) is 24.3 Å². The molecular weight excluding hydrogens is 334 g/mol. The molecule has 0 saturated carbocycles. The molecule has 27 heavy (non-hydrogen) atoms. The Morgan fingerprint density at radius 2 is 1.63 bits per heavy atom. The highest BCUT2D eigenvalue weighted by Gasteiger charge is 2.17. The predicted molar refractivity (Wildman–Crippen MR) is 110 cm³/mol. The Labute approximate surface area is 162 Å². The smallest absolute Gasteiger partial charge is 0.251 e. The third kappa shape index (κ3) is 4.76. The number of amides is 1. The maximum absolute atomic E-state index is 12.3. The molecule has 2 N–H and O–H groups in total. The van der Waals surface area contributed by atoms with E-state index in [-0.39, 0.29) is 11.9 Å². The summed E-state index contributed by atoms with van der Waals surface area (Å²) in [6.45, 7) is 5.35. The lowest BCUT2D eigenvalue weighted by Gasteiger charge is -2.26. The fraction of sp³-hybridized carbons (Fsp3) is 0.435. The van der Waals surface area contributed by atoms with E-state index in [0.29, 0.717) is 0 Å². The van der Waals surface area contributed by atoms with Gasteiger partial charge in [-0.05, 0) is 67.7 Å². The highest BCUT2D eigenvalue weighted by molar-refractivity contribution is 5.94. The molecule has 2 aliphatic rings. The number of carbonyl (C=O) groups excluding carboxylic acids is 1. The van der Waals surface area contributed by atoms with Crippen LogP contribution in [0.25, 0.3) is 11.1 Å². The zero-order valence-electron chi connectivity index (χ0n) is 15.9. The van der Waals surface area contributed by atoms with Crippen LogP contribution in [0.15, 0.2) is 48.5 Å². The Morgan fingerprint density at radius 1 is 0.963 bits per heavy atom. The molecule has 1 atom stereocenters. The van der Waals surface area contributed by atoms with Crippen molar-refractivity contribution in [3.05, 3.63) is 59.7 Å².